The molecule has 0 fully saturated rings. The molecular weight excluding hydrogens is 354 g/mol. The van der Waals surface area contributed by atoms with Gasteiger partial charge in [-0.15, -0.1) is 0 Å². The van der Waals surface area contributed by atoms with Crippen LogP contribution in [-0.2, 0) is 24.3 Å². The minimum Gasteiger partial charge on any atom is -0.334 e. The van der Waals surface area contributed by atoms with Crippen molar-refractivity contribution in [1.82, 2.24) is 4.90 Å². The second-order valence-corrected chi connectivity index (χ2v) is 8.23. The van der Waals surface area contributed by atoms with Crippen molar-refractivity contribution in [3.05, 3.63) is 107 Å². The number of hydrogen-bond donors (Lipinski definition) is 0. The molecule has 2 nitrogen and oxygen atoms in total. The average Bonchev–Trinajstić information content (AvgIpc) is 2.74. The molecule has 3 rings (SSSR count). The zero-order valence-electron chi connectivity index (χ0n) is 17.7. The predicted molar refractivity (Wildman–Crippen MR) is 121 cm³/mol. The van der Waals surface area contributed by atoms with Crippen LogP contribution in [-0.4, -0.2) is 10.8 Å². The van der Waals surface area contributed by atoms with E-state index in [1.807, 2.05) is 48.2 Å². The van der Waals surface area contributed by atoms with Crippen LogP contribution in [0.3, 0.4) is 0 Å². The Labute approximate surface area is 175 Å². The van der Waals surface area contributed by atoms with Crippen LogP contribution in [0.5, 0.6) is 0 Å². The Morgan fingerprint density at radius 3 is 1.62 bits per heavy atom. The van der Waals surface area contributed by atoms with Gasteiger partial charge in [0, 0.05) is 13.1 Å². The first-order valence-electron chi connectivity index (χ1n) is 10.5. The molecule has 0 aromatic heterocycles. The molecule has 0 N–H and O–H groups in total. The molecule has 0 aliphatic heterocycles. The second-order valence-electron chi connectivity index (χ2n) is 8.23. The highest BCUT2D eigenvalue weighted by molar-refractivity contribution is 5.83. The molecule has 1 unspecified atom stereocenters. The first-order chi connectivity index (χ1) is 14.0. The van der Waals surface area contributed by atoms with Crippen LogP contribution in [0.2, 0.25) is 0 Å². The van der Waals surface area contributed by atoms with Gasteiger partial charge < -0.3 is 4.90 Å². The second kappa shape index (κ2) is 10.1. The largest absolute Gasteiger partial charge is 0.334 e. The zero-order chi connectivity index (χ0) is 20.6. The summed E-state index contributed by atoms with van der Waals surface area (Å²) in [5.74, 6) is 0.622. The summed E-state index contributed by atoms with van der Waals surface area (Å²) in [5, 5.41) is 0. The van der Waals surface area contributed by atoms with E-state index in [4.69, 9.17) is 0 Å². The highest BCUT2D eigenvalue weighted by atomic mass is 16.2. The molecule has 0 spiro atoms. The van der Waals surface area contributed by atoms with Gasteiger partial charge >= 0.3 is 0 Å². The average molecular weight is 386 g/mol. The Morgan fingerprint density at radius 2 is 1.17 bits per heavy atom. The van der Waals surface area contributed by atoms with E-state index in [-0.39, 0.29) is 11.8 Å². The van der Waals surface area contributed by atoms with Gasteiger partial charge in [-0.2, -0.15) is 0 Å². The minimum absolute atomic E-state index is 0.161. The summed E-state index contributed by atoms with van der Waals surface area (Å²) in [6.45, 7) is 7.70. The molecule has 1 amide bonds. The molecule has 0 heterocycles. The predicted octanol–water partition coefficient (Wildman–Crippen LogP) is 6.22. The van der Waals surface area contributed by atoms with Crippen molar-refractivity contribution < 1.29 is 4.79 Å². The summed E-state index contributed by atoms with van der Waals surface area (Å²) >= 11 is 0. The van der Waals surface area contributed by atoms with Crippen LogP contribution in [0, 0.1) is 5.92 Å². The molecule has 0 radical (unpaired) electrons. The number of amides is 1. The molecule has 0 aliphatic carbocycles. The normalized spacial score (nSPS) is 12.0. The Hall–Kier alpha value is -2.87. The zero-order valence-corrected chi connectivity index (χ0v) is 17.7. The summed E-state index contributed by atoms with van der Waals surface area (Å²) < 4.78 is 0. The maximum absolute atomic E-state index is 13.4. The van der Waals surface area contributed by atoms with Gasteiger partial charge in [-0.3, -0.25) is 4.79 Å². The van der Waals surface area contributed by atoms with E-state index < -0.39 is 0 Å². The first kappa shape index (κ1) is 20.9. The molecule has 2 heteroatoms. The molecule has 0 saturated carbocycles. The number of benzene rings is 3. The maximum Gasteiger partial charge on any atom is 0.230 e. The van der Waals surface area contributed by atoms with Gasteiger partial charge in [0.2, 0.25) is 5.91 Å². The van der Waals surface area contributed by atoms with Crippen LogP contribution in [0.1, 0.15) is 48.9 Å². The van der Waals surface area contributed by atoms with E-state index in [2.05, 4.69) is 62.4 Å². The molecule has 3 aromatic rings. The van der Waals surface area contributed by atoms with Crippen molar-refractivity contribution in [3.63, 3.8) is 0 Å². The Kier molecular flexibility index (Phi) is 7.24. The van der Waals surface area contributed by atoms with E-state index in [0.29, 0.717) is 19.0 Å². The highest BCUT2D eigenvalue weighted by Gasteiger charge is 2.22. The highest BCUT2D eigenvalue weighted by Crippen LogP contribution is 2.22. The lowest BCUT2D eigenvalue weighted by Gasteiger charge is -2.26. The first-order valence-corrected chi connectivity index (χ1v) is 10.5. The van der Waals surface area contributed by atoms with Crippen molar-refractivity contribution >= 4 is 5.91 Å². The lowest BCUT2D eigenvalue weighted by molar-refractivity contribution is -0.133. The Bertz CT molecular complexity index is 843. The van der Waals surface area contributed by atoms with E-state index in [1.165, 1.54) is 5.56 Å². The number of rotatable bonds is 8. The molecule has 3 aromatic carbocycles. The fourth-order valence-corrected chi connectivity index (χ4v) is 3.65. The minimum atomic E-state index is -0.171. The molecule has 29 heavy (non-hydrogen) atoms. The molecule has 0 bridgehead atoms. The van der Waals surface area contributed by atoms with Gasteiger partial charge in [0.25, 0.3) is 0 Å². The van der Waals surface area contributed by atoms with E-state index in [9.17, 15) is 4.79 Å². The smallest absolute Gasteiger partial charge is 0.230 e. The van der Waals surface area contributed by atoms with E-state index >= 15 is 0 Å². The lowest BCUT2D eigenvalue weighted by Crippen LogP contribution is -2.33. The topological polar surface area (TPSA) is 20.3 Å². The van der Waals surface area contributed by atoms with Gasteiger partial charge in [-0.1, -0.05) is 98.8 Å². The number of carbonyl (C=O) groups excluding carboxylic acids is 1. The summed E-state index contributed by atoms with van der Waals surface area (Å²) in [4.78, 5) is 15.4. The molecule has 150 valence electrons. The Morgan fingerprint density at radius 1 is 0.690 bits per heavy atom. The molecule has 1 atom stereocenters. The number of hydrogen-bond acceptors (Lipinski definition) is 1. The summed E-state index contributed by atoms with van der Waals surface area (Å²) in [6, 6.07) is 29.0. The monoisotopic (exact) mass is 385 g/mol. The third-order valence-electron chi connectivity index (χ3n) is 5.24. The van der Waals surface area contributed by atoms with Crippen molar-refractivity contribution in [2.45, 2.75) is 46.2 Å². The molecule has 0 aliphatic rings. The Balaban J connectivity index is 1.78. The maximum atomic E-state index is 13.4. The van der Waals surface area contributed by atoms with Crippen LogP contribution >= 0.6 is 0 Å². The van der Waals surface area contributed by atoms with Gasteiger partial charge in [0.05, 0.1) is 5.92 Å². The van der Waals surface area contributed by atoms with Crippen LogP contribution in [0.25, 0.3) is 0 Å². The van der Waals surface area contributed by atoms with Gasteiger partial charge in [-0.05, 0) is 41.5 Å². The van der Waals surface area contributed by atoms with Crippen molar-refractivity contribution in [2.24, 2.45) is 5.92 Å². The quantitative estimate of drug-likeness (QED) is 0.451. The fourth-order valence-electron chi connectivity index (χ4n) is 3.65. The number of carbonyl (C=O) groups is 1. The third-order valence-corrected chi connectivity index (χ3v) is 5.24. The summed E-state index contributed by atoms with van der Waals surface area (Å²) in [7, 11) is 0. The van der Waals surface area contributed by atoms with Crippen molar-refractivity contribution in [1.29, 1.82) is 0 Å². The third kappa shape index (κ3) is 6.05. The van der Waals surface area contributed by atoms with E-state index in [0.717, 1.165) is 23.1 Å². The van der Waals surface area contributed by atoms with Gasteiger partial charge in [0.15, 0.2) is 0 Å². The van der Waals surface area contributed by atoms with Gasteiger partial charge in [-0.25, -0.2) is 0 Å². The SMILES string of the molecule is CC(C)Cc1ccc(C(C)C(=O)N(Cc2ccccc2)Cc2ccccc2)cc1. The van der Waals surface area contributed by atoms with Gasteiger partial charge in [0.1, 0.15) is 0 Å². The van der Waals surface area contributed by atoms with Crippen molar-refractivity contribution in [3.8, 4) is 0 Å². The fraction of sp³-hybridized carbons (Fsp3) is 0.296. The standard InChI is InChI=1S/C27H31NO/c1-21(2)18-23-14-16-26(17-15-23)22(3)27(29)28(19-24-10-6-4-7-11-24)20-25-12-8-5-9-13-25/h4-17,21-22H,18-20H2,1-3H3. The van der Waals surface area contributed by atoms with Crippen molar-refractivity contribution in [2.75, 3.05) is 0 Å². The van der Waals surface area contributed by atoms with Crippen LogP contribution in [0.4, 0.5) is 0 Å². The van der Waals surface area contributed by atoms with Crippen LogP contribution < -0.4 is 0 Å². The molecule has 0 saturated heterocycles. The lowest BCUT2D eigenvalue weighted by atomic mass is 9.95. The summed E-state index contributed by atoms with van der Waals surface area (Å²) in [5.41, 5.74) is 4.70. The molecular formula is C27H31NO. The van der Waals surface area contributed by atoms with E-state index in [1.54, 1.807) is 0 Å². The van der Waals surface area contributed by atoms with Crippen LogP contribution in [0.15, 0.2) is 84.9 Å². The summed E-state index contributed by atoms with van der Waals surface area (Å²) in [6.07, 6.45) is 1.07. The number of nitrogens with zero attached hydrogens (tertiary/aromatic N) is 1.